The van der Waals surface area contributed by atoms with Gasteiger partial charge in [-0.15, -0.1) is 0 Å². The number of nitrogens with one attached hydrogen (secondary N) is 1. The highest BCUT2D eigenvalue weighted by molar-refractivity contribution is 5.58. The summed E-state index contributed by atoms with van der Waals surface area (Å²) in [7, 11) is 0. The summed E-state index contributed by atoms with van der Waals surface area (Å²) in [5.74, 6) is 0.262. The van der Waals surface area contributed by atoms with Gasteiger partial charge >= 0.3 is 0 Å². The van der Waals surface area contributed by atoms with Crippen LogP contribution in [-0.2, 0) is 0 Å². The Balaban J connectivity index is 2.18. The van der Waals surface area contributed by atoms with Gasteiger partial charge in [-0.25, -0.2) is 4.39 Å². The summed E-state index contributed by atoms with van der Waals surface area (Å²) in [6.45, 7) is 2.21. The first-order valence-electron chi connectivity index (χ1n) is 5.67. The summed E-state index contributed by atoms with van der Waals surface area (Å²) in [5, 5.41) is 12.3. The maximum absolute atomic E-state index is 12.9. The van der Waals surface area contributed by atoms with E-state index in [1.807, 2.05) is 6.07 Å². The number of anilines is 1. The topological polar surface area (TPSA) is 35.8 Å². The maximum Gasteiger partial charge on any atom is 0.124 e. The van der Waals surface area contributed by atoms with Crippen molar-refractivity contribution in [1.82, 2.24) is 0 Å². The molecule has 0 saturated heterocycles. The fraction of sp³-hybridized carbons (Fsp3) is 0.462. The number of benzene rings is 1. The standard InChI is InChI=1S/C13H15FN2/c1-9-3-2-4-12(9)16-13-6-5-11(14)7-10(13)8-15/h5-7,9,12,16H,2-4H2,1H3. The number of nitrogens with zero attached hydrogens (tertiary/aromatic N) is 1. The normalized spacial score (nSPS) is 24.1. The van der Waals surface area contributed by atoms with Crippen LogP contribution in [0.25, 0.3) is 0 Å². The number of hydrogen-bond acceptors (Lipinski definition) is 2. The van der Waals surface area contributed by atoms with E-state index in [0.717, 1.165) is 12.1 Å². The van der Waals surface area contributed by atoms with Gasteiger partial charge in [0.2, 0.25) is 0 Å². The van der Waals surface area contributed by atoms with Gasteiger partial charge in [0.1, 0.15) is 11.9 Å². The van der Waals surface area contributed by atoms with Crippen LogP contribution in [0, 0.1) is 23.1 Å². The molecule has 0 heterocycles. The summed E-state index contributed by atoms with van der Waals surface area (Å²) >= 11 is 0. The van der Waals surface area contributed by atoms with Crippen molar-refractivity contribution < 1.29 is 4.39 Å². The first kappa shape index (κ1) is 10.9. The number of rotatable bonds is 2. The lowest BCUT2D eigenvalue weighted by Gasteiger charge is -2.19. The average molecular weight is 218 g/mol. The van der Waals surface area contributed by atoms with Crippen LogP contribution < -0.4 is 5.32 Å². The third-order valence-electron chi connectivity index (χ3n) is 3.30. The largest absolute Gasteiger partial charge is 0.381 e. The van der Waals surface area contributed by atoms with E-state index in [9.17, 15) is 4.39 Å². The molecule has 0 aromatic heterocycles. The molecule has 0 bridgehead atoms. The molecule has 2 nitrogen and oxygen atoms in total. The molecule has 2 unspecified atom stereocenters. The van der Waals surface area contributed by atoms with Gasteiger partial charge in [0, 0.05) is 6.04 Å². The van der Waals surface area contributed by atoms with Crippen LogP contribution in [0.1, 0.15) is 31.7 Å². The van der Waals surface area contributed by atoms with Crippen LogP contribution in [-0.4, -0.2) is 6.04 Å². The Morgan fingerprint density at radius 3 is 2.88 bits per heavy atom. The lowest BCUT2D eigenvalue weighted by atomic mass is 10.1. The zero-order chi connectivity index (χ0) is 11.5. The van der Waals surface area contributed by atoms with Crippen molar-refractivity contribution >= 4 is 5.69 Å². The van der Waals surface area contributed by atoms with Gasteiger partial charge in [-0.2, -0.15) is 5.26 Å². The fourth-order valence-corrected chi connectivity index (χ4v) is 2.29. The van der Waals surface area contributed by atoms with Crippen molar-refractivity contribution in [2.45, 2.75) is 32.2 Å². The summed E-state index contributed by atoms with van der Waals surface area (Å²) in [5.41, 5.74) is 1.14. The van der Waals surface area contributed by atoms with Crippen LogP contribution in [0.2, 0.25) is 0 Å². The molecule has 1 aliphatic carbocycles. The second-order valence-corrected chi connectivity index (χ2v) is 4.46. The molecule has 16 heavy (non-hydrogen) atoms. The number of halogens is 1. The Kier molecular flexibility index (Phi) is 3.09. The third kappa shape index (κ3) is 2.16. The Morgan fingerprint density at radius 2 is 2.25 bits per heavy atom. The summed E-state index contributed by atoms with van der Waals surface area (Å²) in [6, 6.07) is 6.76. The van der Waals surface area contributed by atoms with Gasteiger partial charge in [-0.3, -0.25) is 0 Å². The molecule has 84 valence electrons. The lowest BCUT2D eigenvalue weighted by Crippen LogP contribution is -2.22. The van der Waals surface area contributed by atoms with Gasteiger partial charge in [-0.05, 0) is 37.0 Å². The van der Waals surface area contributed by atoms with E-state index in [2.05, 4.69) is 12.2 Å². The highest BCUT2D eigenvalue weighted by Crippen LogP contribution is 2.29. The van der Waals surface area contributed by atoms with Gasteiger partial charge in [0.05, 0.1) is 11.3 Å². The first-order valence-corrected chi connectivity index (χ1v) is 5.67. The van der Waals surface area contributed by atoms with E-state index in [4.69, 9.17) is 5.26 Å². The quantitative estimate of drug-likeness (QED) is 0.826. The zero-order valence-electron chi connectivity index (χ0n) is 9.33. The Labute approximate surface area is 95.1 Å². The summed E-state index contributed by atoms with van der Waals surface area (Å²) < 4.78 is 12.9. The van der Waals surface area contributed by atoms with Gasteiger partial charge < -0.3 is 5.32 Å². The Morgan fingerprint density at radius 1 is 1.44 bits per heavy atom. The molecule has 2 atom stereocenters. The van der Waals surface area contributed by atoms with Crippen LogP contribution >= 0.6 is 0 Å². The second-order valence-electron chi connectivity index (χ2n) is 4.46. The van der Waals surface area contributed by atoms with Gasteiger partial charge in [0.25, 0.3) is 0 Å². The molecule has 1 aromatic rings. The molecule has 1 aromatic carbocycles. The predicted octanol–water partition coefficient (Wildman–Crippen LogP) is 3.30. The SMILES string of the molecule is CC1CCCC1Nc1ccc(F)cc1C#N. The van der Waals surface area contributed by atoms with Crippen molar-refractivity contribution in [1.29, 1.82) is 5.26 Å². The minimum Gasteiger partial charge on any atom is -0.381 e. The van der Waals surface area contributed by atoms with E-state index in [0.29, 0.717) is 17.5 Å². The highest BCUT2D eigenvalue weighted by Gasteiger charge is 2.23. The smallest absolute Gasteiger partial charge is 0.124 e. The van der Waals surface area contributed by atoms with E-state index in [1.54, 1.807) is 6.07 Å². The van der Waals surface area contributed by atoms with Crippen molar-refractivity contribution in [3.63, 3.8) is 0 Å². The van der Waals surface area contributed by atoms with Crippen LogP contribution in [0.15, 0.2) is 18.2 Å². The van der Waals surface area contributed by atoms with Crippen LogP contribution in [0.3, 0.4) is 0 Å². The second kappa shape index (κ2) is 4.52. The molecule has 0 aliphatic heterocycles. The minimum absolute atomic E-state index is 0.360. The molecule has 1 saturated carbocycles. The van der Waals surface area contributed by atoms with E-state index in [1.165, 1.54) is 25.0 Å². The molecule has 3 heteroatoms. The molecule has 1 fully saturated rings. The fourth-order valence-electron chi connectivity index (χ4n) is 2.29. The molecule has 1 N–H and O–H groups in total. The van der Waals surface area contributed by atoms with Crippen molar-refractivity contribution in [2.75, 3.05) is 5.32 Å². The predicted molar refractivity (Wildman–Crippen MR) is 61.5 cm³/mol. The molecule has 0 radical (unpaired) electrons. The third-order valence-corrected chi connectivity index (χ3v) is 3.30. The van der Waals surface area contributed by atoms with Gasteiger partial charge in [0.15, 0.2) is 0 Å². The number of hydrogen-bond donors (Lipinski definition) is 1. The maximum atomic E-state index is 12.9. The zero-order valence-corrected chi connectivity index (χ0v) is 9.33. The van der Waals surface area contributed by atoms with E-state index in [-0.39, 0.29) is 5.82 Å². The van der Waals surface area contributed by atoms with Crippen molar-refractivity contribution in [3.8, 4) is 6.07 Å². The molecule has 1 aliphatic rings. The molecule has 2 rings (SSSR count). The molecule has 0 spiro atoms. The molecular weight excluding hydrogens is 203 g/mol. The summed E-state index contributed by atoms with van der Waals surface area (Å²) in [4.78, 5) is 0. The highest BCUT2D eigenvalue weighted by atomic mass is 19.1. The monoisotopic (exact) mass is 218 g/mol. The van der Waals surface area contributed by atoms with Gasteiger partial charge in [-0.1, -0.05) is 13.3 Å². The molecule has 0 amide bonds. The van der Waals surface area contributed by atoms with Crippen LogP contribution in [0.5, 0.6) is 0 Å². The Hall–Kier alpha value is -1.56. The first-order chi connectivity index (χ1) is 7.70. The lowest BCUT2D eigenvalue weighted by molar-refractivity contribution is 0.556. The van der Waals surface area contributed by atoms with E-state index >= 15 is 0 Å². The van der Waals surface area contributed by atoms with Crippen molar-refractivity contribution in [2.24, 2.45) is 5.92 Å². The minimum atomic E-state index is -0.360. The number of nitriles is 1. The van der Waals surface area contributed by atoms with Crippen molar-refractivity contribution in [3.05, 3.63) is 29.6 Å². The molecular formula is C13H15FN2. The summed E-state index contributed by atoms with van der Waals surface area (Å²) in [6.07, 6.45) is 3.58. The Bertz CT molecular complexity index is 422. The van der Waals surface area contributed by atoms with Crippen LogP contribution in [0.4, 0.5) is 10.1 Å². The van der Waals surface area contributed by atoms with E-state index < -0.39 is 0 Å². The average Bonchev–Trinajstić information content (AvgIpc) is 2.67.